The van der Waals surface area contributed by atoms with Crippen molar-refractivity contribution in [1.29, 1.82) is 0 Å². The maximum absolute atomic E-state index is 4.31. The van der Waals surface area contributed by atoms with Crippen molar-refractivity contribution in [2.24, 2.45) is 10.1 Å². The molecular weight excluding hydrogens is 280 g/mol. The number of benzene rings is 1. The Morgan fingerprint density at radius 1 is 1.41 bits per heavy atom. The van der Waals surface area contributed by atoms with Crippen LogP contribution in [0.2, 0.25) is 0 Å². The van der Waals surface area contributed by atoms with E-state index >= 15 is 0 Å². The van der Waals surface area contributed by atoms with Gasteiger partial charge in [-0.1, -0.05) is 28.1 Å². The Kier molecular flexibility index (Phi) is 4.14. The van der Waals surface area contributed by atoms with Gasteiger partial charge in [-0.2, -0.15) is 5.10 Å². The molecule has 0 spiro atoms. The molecule has 0 unspecified atom stereocenters. The van der Waals surface area contributed by atoms with Crippen LogP contribution in [-0.4, -0.2) is 24.8 Å². The number of hydrazone groups is 1. The fourth-order valence-corrected chi connectivity index (χ4v) is 1.76. The number of guanidine groups is 1. The lowest BCUT2D eigenvalue weighted by molar-refractivity contribution is 0.711. The summed E-state index contributed by atoms with van der Waals surface area (Å²) in [4.78, 5) is 4.29. The van der Waals surface area contributed by atoms with Crippen molar-refractivity contribution >= 4 is 27.6 Å². The van der Waals surface area contributed by atoms with Crippen LogP contribution in [0.25, 0.3) is 0 Å². The zero-order valence-corrected chi connectivity index (χ0v) is 11.3. The third-order valence-corrected chi connectivity index (χ3v) is 3.02. The molecule has 0 radical (unpaired) electrons. The minimum atomic E-state index is 0.757. The van der Waals surface area contributed by atoms with E-state index in [-0.39, 0.29) is 0 Å². The van der Waals surface area contributed by atoms with E-state index < -0.39 is 0 Å². The summed E-state index contributed by atoms with van der Waals surface area (Å²) in [6.45, 7) is 3.79. The largest absolute Gasteiger partial charge is 0.355 e. The first-order valence-electron chi connectivity index (χ1n) is 5.60. The molecule has 0 saturated heterocycles. The molecule has 2 rings (SSSR count). The normalized spacial score (nSPS) is 16.1. The van der Waals surface area contributed by atoms with Gasteiger partial charge in [0.1, 0.15) is 0 Å². The summed E-state index contributed by atoms with van der Waals surface area (Å²) in [7, 11) is 0. The van der Waals surface area contributed by atoms with Crippen LogP contribution in [0.15, 0.2) is 38.8 Å². The minimum absolute atomic E-state index is 0.757. The number of nitrogens with one attached hydrogen (secondary N) is 2. The Morgan fingerprint density at radius 3 is 2.82 bits per heavy atom. The van der Waals surface area contributed by atoms with Crippen LogP contribution in [0.5, 0.6) is 0 Å². The summed E-state index contributed by atoms with van der Waals surface area (Å²) < 4.78 is 1.07. The Morgan fingerprint density at radius 2 is 2.18 bits per heavy atom. The summed E-state index contributed by atoms with van der Waals surface area (Å²) >= 11 is 3.41. The van der Waals surface area contributed by atoms with E-state index in [1.54, 1.807) is 0 Å². The van der Waals surface area contributed by atoms with Crippen molar-refractivity contribution in [2.75, 3.05) is 13.1 Å². The molecule has 1 aromatic carbocycles. The highest BCUT2D eigenvalue weighted by Gasteiger charge is 2.02. The molecule has 0 amide bonds. The van der Waals surface area contributed by atoms with Crippen molar-refractivity contribution in [3.63, 3.8) is 0 Å². The van der Waals surface area contributed by atoms with E-state index in [1.165, 1.54) is 0 Å². The summed E-state index contributed by atoms with van der Waals surface area (Å²) in [5, 5.41) is 7.47. The lowest BCUT2D eigenvalue weighted by atomic mass is 10.1. The lowest BCUT2D eigenvalue weighted by Gasteiger charge is -2.13. The van der Waals surface area contributed by atoms with Crippen molar-refractivity contribution < 1.29 is 0 Å². The topological polar surface area (TPSA) is 48.8 Å². The van der Waals surface area contributed by atoms with E-state index in [4.69, 9.17) is 0 Å². The highest BCUT2D eigenvalue weighted by Crippen LogP contribution is 2.10. The van der Waals surface area contributed by atoms with E-state index in [0.29, 0.717) is 0 Å². The van der Waals surface area contributed by atoms with Gasteiger partial charge in [0, 0.05) is 17.6 Å². The highest BCUT2D eigenvalue weighted by atomic mass is 79.9. The van der Waals surface area contributed by atoms with Gasteiger partial charge in [-0.3, -0.25) is 4.99 Å². The molecule has 1 aliphatic rings. The first-order valence-corrected chi connectivity index (χ1v) is 6.39. The fourth-order valence-electron chi connectivity index (χ4n) is 1.50. The smallest absolute Gasteiger partial charge is 0.212 e. The molecule has 0 aromatic heterocycles. The maximum atomic E-state index is 4.31. The number of halogens is 1. The molecule has 1 aliphatic heterocycles. The van der Waals surface area contributed by atoms with E-state index in [2.05, 4.69) is 36.8 Å². The Balaban J connectivity index is 2.01. The summed E-state index contributed by atoms with van der Waals surface area (Å²) in [5.74, 6) is 0.757. The molecule has 0 atom stereocenters. The molecule has 0 saturated carbocycles. The quantitative estimate of drug-likeness (QED) is 0.648. The molecule has 90 valence electrons. The predicted octanol–water partition coefficient (Wildman–Crippen LogP) is 2.11. The Labute approximate surface area is 109 Å². The van der Waals surface area contributed by atoms with Gasteiger partial charge in [-0.15, -0.1) is 0 Å². The van der Waals surface area contributed by atoms with E-state index in [1.807, 2.05) is 31.2 Å². The third-order valence-electron chi connectivity index (χ3n) is 2.49. The molecule has 17 heavy (non-hydrogen) atoms. The zero-order valence-electron chi connectivity index (χ0n) is 9.70. The average molecular weight is 295 g/mol. The average Bonchev–Trinajstić information content (AvgIpc) is 2.38. The monoisotopic (exact) mass is 294 g/mol. The first kappa shape index (κ1) is 12.1. The van der Waals surface area contributed by atoms with Crippen LogP contribution in [0.4, 0.5) is 0 Å². The van der Waals surface area contributed by atoms with Gasteiger partial charge < -0.3 is 5.32 Å². The molecule has 1 heterocycles. The van der Waals surface area contributed by atoms with Crippen LogP contribution < -0.4 is 10.7 Å². The van der Waals surface area contributed by atoms with Crippen LogP contribution in [0.3, 0.4) is 0 Å². The predicted molar refractivity (Wildman–Crippen MR) is 74.4 cm³/mol. The van der Waals surface area contributed by atoms with Crippen LogP contribution >= 0.6 is 15.9 Å². The van der Waals surface area contributed by atoms with Gasteiger partial charge in [-0.05, 0) is 31.0 Å². The van der Waals surface area contributed by atoms with E-state index in [0.717, 1.165) is 41.2 Å². The number of aliphatic imine (C=N–C) groups is 1. The van der Waals surface area contributed by atoms with Crippen molar-refractivity contribution in [3.05, 3.63) is 34.3 Å². The van der Waals surface area contributed by atoms with Gasteiger partial charge in [-0.25, -0.2) is 5.43 Å². The summed E-state index contributed by atoms with van der Waals surface area (Å²) in [6, 6.07) is 8.07. The van der Waals surface area contributed by atoms with E-state index in [9.17, 15) is 0 Å². The number of hydrogen-bond acceptors (Lipinski definition) is 4. The number of hydrogen-bond donors (Lipinski definition) is 2. The molecule has 0 aliphatic carbocycles. The van der Waals surface area contributed by atoms with Crippen molar-refractivity contribution in [3.8, 4) is 0 Å². The standard InChI is InChI=1S/C12H15BrN4/c1-9(10-3-5-11(13)6-4-10)16-17-12-14-7-2-8-15-12/h3-6H,2,7-8H2,1H3,(H2,14,15,17)/b16-9+. The van der Waals surface area contributed by atoms with Gasteiger partial charge in [0.05, 0.1) is 5.71 Å². The summed E-state index contributed by atoms with van der Waals surface area (Å²) in [6.07, 6.45) is 1.08. The second-order valence-corrected chi connectivity index (χ2v) is 4.74. The molecule has 4 nitrogen and oxygen atoms in total. The first-order chi connectivity index (χ1) is 8.25. The molecule has 2 N–H and O–H groups in total. The minimum Gasteiger partial charge on any atom is -0.355 e. The third kappa shape index (κ3) is 3.56. The molecule has 0 bridgehead atoms. The zero-order chi connectivity index (χ0) is 12.1. The van der Waals surface area contributed by atoms with Gasteiger partial charge in [0.2, 0.25) is 5.96 Å². The van der Waals surface area contributed by atoms with Gasteiger partial charge in [0.25, 0.3) is 0 Å². The van der Waals surface area contributed by atoms with Gasteiger partial charge >= 0.3 is 0 Å². The van der Waals surface area contributed by atoms with Crippen LogP contribution in [-0.2, 0) is 0 Å². The molecule has 0 fully saturated rings. The second-order valence-electron chi connectivity index (χ2n) is 3.83. The summed E-state index contributed by atoms with van der Waals surface area (Å²) in [5.41, 5.74) is 4.98. The molecular formula is C12H15BrN4. The second kappa shape index (κ2) is 5.82. The molecule has 1 aromatic rings. The van der Waals surface area contributed by atoms with Crippen molar-refractivity contribution in [1.82, 2.24) is 10.7 Å². The number of rotatable bonds is 2. The number of nitrogens with zero attached hydrogens (tertiary/aromatic N) is 2. The fraction of sp³-hybridized carbons (Fsp3) is 0.333. The highest BCUT2D eigenvalue weighted by molar-refractivity contribution is 9.10. The van der Waals surface area contributed by atoms with Crippen LogP contribution in [0.1, 0.15) is 18.9 Å². The SMILES string of the molecule is C/C(=N\NC1=NCCCN1)c1ccc(Br)cc1. The Hall–Kier alpha value is -1.36. The lowest BCUT2D eigenvalue weighted by Crippen LogP contribution is -2.38. The maximum Gasteiger partial charge on any atom is 0.212 e. The Bertz CT molecular complexity index is 436. The van der Waals surface area contributed by atoms with Gasteiger partial charge in [0.15, 0.2) is 0 Å². The van der Waals surface area contributed by atoms with Crippen molar-refractivity contribution in [2.45, 2.75) is 13.3 Å². The molecule has 5 heteroatoms. The van der Waals surface area contributed by atoms with Crippen LogP contribution in [0, 0.1) is 0 Å².